The number of hydrogen-bond acceptors (Lipinski definition) is 7. The van der Waals surface area contributed by atoms with Crippen molar-refractivity contribution >= 4 is 17.9 Å². The summed E-state index contributed by atoms with van der Waals surface area (Å²) in [6.07, 6.45) is 107. The molecule has 0 aromatic carbocycles. The van der Waals surface area contributed by atoms with Crippen molar-refractivity contribution in [3.63, 3.8) is 0 Å². The van der Waals surface area contributed by atoms with E-state index in [1.165, 1.54) is 186 Å². The van der Waals surface area contributed by atoms with Crippen LogP contribution in [0, 0.1) is 0 Å². The molecule has 0 aliphatic heterocycles. The zero-order chi connectivity index (χ0) is 69.7. The molecule has 0 saturated carbocycles. The average Bonchev–Trinajstić information content (AvgIpc) is 2.40. The number of aliphatic carboxylic acids is 1. The lowest BCUT2D eigenvalue weighted by Gasteiger charge is -2.25. The van der Waals surface area contributed by atoms with Gasteiger partial charge in [-0.3, -0.25) is 9.59 Å². The van der Waals surface area contributed by atoms with Gasteiger partial charge < -0.3 is 28.5 Å². The molecule has 0 aliphatic rings. The molecule has 0 bridgehead atoms. The molecule has 0 spiro atoms. The first-order chi connectivity index (χ1) is 47.1. The van der Waals surface area contributed by atoms with Gasteiger partial charge in [0, 0.05) is 12.8 Å². The Bertz CT molecular complexity index is 2050. The molecule has 550 valence electrons. The number of allylic oxidation sites excluding steroid dienone is 22. The van der Waals surface area contributed by atoms with Gasteiger partial charge in [0.1, 0.15) is 13.2 Å². The third kappa shape index (κ3) is 76.8. The number of likely N-dealkylation sites (N-methyl/N-ethyl adjacent to an activating group) is 1. The number of rotatable bonds is 73. The first-order valence-electron chi connectivity index (χ1n) is 39.8. The van der Waals surface area contributed by atoms with E-state index >= 15 is 0 Å². The van der Waals surface area contributed by atoms with Crippen LogP contribution in [0.3, 0.4) is 0 Å². The number of esters is 2. The second-order valence-electron chi connectivity index (χ2n) is 27.7. The Kier molecular flexibility index (Phi) is 72.6. The van der Waals surface area contributed by atoms with E-state index in [0.717, 1.165) is 122 Å². The minimum atomic E-state index is -1.52. The maximum absolute atomic E-state index is 13.0. The lowest BCUT2D eigenvalue weighted by atomic mass is 10.0. The third-order valence-electron chi connectivity index (χ3n) is 17.2. The smallest absolute Gasteiger partial charge is 0.361 e. The summed E-state index contributed by atoms with van der Waals surface area (Å²) < 4.78 is 23.0. The van der Waals surface area contributed by atoms with Crippen LogP contribution in [0.15, 0.2) is 134 Å². The number of quaternary nitrogens is 1. The van der Waals surface area contributed by atoms with Crippen LogP contribution in [-0.4, -0.2) is 87.4 Å². The highest BCUT2D eigenvalue weighted by Gasteiger charge is 2.25. The quantitative estimate of drug-likeness (QED) is 0.0211. The second-order valence-corrected chi connectivity index (χ2v) is 27.7. The Morgan fingerprint density at radius 2 is 0.594 bits per heavy atom. The van der Waals surface area contributed by atoms with Crippen molar-refractivity contribution in [2.75, 3.05) is 47.5 Å². The number of carbonyl (C=O) groups is 3. The summed E-state index contributed by atoms with van der Waals surface area (Å²) in [5.74, 6) is -2.03. The highest BCUT2D eigenvalue weighted by atomic mass is 16.7. The van der Waals surface area contributed by atoms with Gasteiger partial charge >= 0.3 is 17.9 Å². The topological polar surface area (TPSA) is 108 Å². The van der Waals surface area contributed by atoms with Crippen molar-refractivity contribution in [1.82, 2.24) is 0 Å². The van der Waals surface area contributed by atoms with E-state index in [9.17, 15) is 19.5 Å². The Labute approximate surface area is 592 Å². The summed E-state index contributed by atoms with van der Waals surface area (Å²) in [6.45, 7) is 4.77. The lowest BCUT2D eigenvalue weighted by Crippen LogP contribution is -2.40. The van der Waals surface area contributed by atoms with Gasteiger partial charge in [-0.15, -0.1) is 0 Å². The zero-order valence-electron chi connectivity index (χ0n) is 63.0. The molecule has 0 aromatic rings. The largest absolute Gasteiger partial charge is 0.477 e. The fraction of sp³-hybridized carbons (Fsp3) is 0.713. The molecule has 1 N–H and O–H groups in total. The molecule has 0 aromatic heterocycles. The van der Waals surface area contributed by atoms with Crippen molar-refractivity contribution in [3.05, 3.63) is 134 Å². The first kappa shape index (κ1) is 91.4. The van der Waals surface area contributed by atoms with Crippen LogP contribution in [0.2, 0.25) is 0 Å². The zero-order valence-corrected chi connectivity index (χ0v) is 63.0. The standard InChI is InChI=1S/C87H149NO8/c1-6-8-10-12-14-16-18-20-22-24-26-28-30-32-34-36-38-40-41-42-43-44-45-46-48-50-52-54-56-58-60-62-64-66-68-70-72-74-76-78-85(90)96-83(82-95-87(86(91)92)93-80-79-88(3,4)5)81-94-84(89)77-75-73-71-69-67-65-63-61-59-57-55-53-51-49-47-39-37-35-33-31-29-27-25-23-21-19-17-15-13-11-9-7-2/h8,10,14,16,20,22,26,28,32,34,38,40,42-43,45-46,50,52,56,58,62,64,83,87H,6-7,9,11-13,15,17-19,21,23-25,27,29-31,33,35-37,39,41,44,47-49,51,53-55,57,59-61,63,65-82H2,1-5H3/p+1/b10-8-,16-14-,22-20-,28-26-,34-32-,40-38-,43-42-,46-45-,52-50-,58-56-,64-62-. The monoisotopic (exact) mass is 1340 g/mol. The van der Waals surface area contributed by atoms with E-state index in [-0.39, 0.29) is 32.2 Å². The molecule has 0 amide bonds. The number of ether oxygens (including phenoxy) is 4. The number of unbranched alkanes of at least 4 members (excludes halogenated alkanes) is 36. The van der Waals surface area contributed by atoms with Crippen molar-refractivity contribution in [3.8, 4) is 0 Å². The van der Waals surface area contributed by atoms with Crippen LogP contribution >= 0.6 is 0 Å². The Balaban J connectivity index is 4.13. The average molecular weight is 1340 g/mol. The molecule has 0 heterocycles. The van der Waals surface area contributed by atoms with E-state index in [2.05, 4.69) is 148 Å². The van der Waals surface area contributed by atoms with Gasteiger partial charge in [0.15, 0.2) is 6.10 Å². The minimum Gasteiger partial charge on any atom is -0.477 e. The minimum absolute atomic E-state index is 0.179. The summed E-state index contributed by atoms with van der Waals surface area (Å²) in [5.41, 5.74) is 0. The predicted molar refractivity (Wildman–Crippen MR) is 414 cm³/mol. The van der Waals surface area contributed by atoms with Crippen molar-refractivity contribution in [2.24, 2.45) is 0 Å². The van der Waals surface area contributed by atoms with Crippen molar-refractivity contribution in [2.45, 2.75) is 354 Å². The lowest BCUT2D eigenvalue weighted by molar-refractivity contribution is -0.870. The fourth-order valence-corrected chi connectivity index (χ4v) is 11.1. The molecule has 96 heavy (non-hydrogen) atoms. The van der Waals surface area contributed by atoms with E-state index < -0.39 is 24.3 Å². The van der Waals surface area contributed by atoms with Gasteiger partial charge in [-0.1, -0.05) is 366 Å². The van der Waals surface area contributed by atoms with Gasteiger partial charge in [-0.05, 0) is 96.3 Å². The number of hydrogen-bond donors (Lipinski definition) is 1. The molecule has 2 unspecified atom stereocenters. The summed E-state index contributed by atoms with van der Waals surface area (Å²) in [4.78, 5) is 37.7. The molecule has 0 saturated heterocycles. The molecule has 0 radical (unpaired) electrons. The molecule has 0 rings (SSSR count). The number of carbonyl (C=O) groups excluding carboxylic acids is 2. The third-order valence-corrected chi connectivity index (χ3v) is 17.2. The van der Waals surface area contributed by atoms with Gasteiger partial charge in [0.25, 0.3) is 6.29 Å². The Morgan fingerprint density at radius 3 is 0.885 bits per heavy atom. The molecular formula is C87H150NO8+. The van der Waals surface area contributed by atoms with Gasteiger partial charge in [0.2, 0.25) is 0 Å². The molecule has 0 aliphatic carbocycles. The van der Waals surface area contributed by atoms with Crippen molar-refractivity contribution < 1.29 is 42.9 Å². The van der Waals surface area contributed by atoms with E-state index in [0.29, 0.717) is 23.9 Å². The van der Waals surface area contributed by atoms with Gasteiger partial charge in [-0.25, -0.2) is 4.79 Å². The van der Waals surface area contributed by atoms with Crippen LogP contribution in [0.5, 0.6) is 0 Å². The summed E-state index contributed by atoms with van der Waals surface area (Å²) >= 11 is 0. The Hall–Kier alpha value is -4.57. The number of nitrogens with zero attached hydrogens (tertiary/aromatic N) is 1. The first-order valence-corrected chi connectivity index (χ1v) is 39.8. The van der Waals surface area contributed by atoms with Gasteiger partial charge in [-0.2, -0.15) is 0 Å². The highest BCUT2D eigenvalue weighted by molar-refractivity contribution is 5.71. The SMILES string of the molecule is CC/C=C\C/C=C\C/C=C\C/C=C\C/C=C\C/C=C\C/C=C\C/C=C\C/C=C\C/C=C\C/C=C\CCCCCCCC(=O)OC(COC(=O)CCCCCCCCCCCCCCCCCCCCCCCCCCCCCCCCCC)COC(OCC[N+](C)(C)C)C(=O)O. The number of carboxylic acids is 1. The maximum atomic E-state index is 13.0. The van der Waals surface area contributed by atoms with Crippen LogP contribution in [-0.2, 0) is 33.3 Å². The van der Waals surface area contributed by atoms with Crippen LogP contribution in [0.1, 0.15) is 341 Å². The summed E-state index contributed by atoms with van der Waals surface area (Å²) in [6, 6.07) is 0. The normalized spacial score (nSPS) is 13.4. The summed E-state index contributed by atoms with van der Waals surface area (Å²) in [7, 11) is 5.97. The summed E-state index contributed by atoms with van der Waals surface area (Å²) in [5, 5.41) is 9.77. The van der Waals surface area contributed by atoms with Crippen LogP contribution in [0.25, 0.3) is 0 Å². The predicted octanol–water partition coefficient (Wildman–Crippen LogP) is 25.6. The van der Waals surface area contributed by atoms with Crippen LogP contribution < -0.4 is 0 Å². The van der Waals surface area contributed by atoms with Gasteiger partial charge in [0.05, 0.1) is 34.4 Å². The highest BCUT2D eigenvalue weighted by Crippen LogP contribution is 2.19. The molecular weight excluding hydrogens is 1190 g/mol. The fourth-order valence-electron chi connectivity index (χ4n) is 11.1. The van der Waals surface area contributed by atoms with E-state index in [4.69, 9.17) is 18.9 Å². The van der Waals surface area contributed by atoms with Crippen molar-refractivity contribution in [1.29, 1.82) is 0 Å². The molecule has 2 atom stereocenters. The molecule has 9 nitrogen and oxygen atoms in total. The number of carboxylic acid groups (broad SMARTS) is 1. The molecule has 9 heteroatoms. The second kappa shape index (κ2) is 76.2. The van der Waals surface area contributed by atoms with E-state index in [1.54, 1.807) is 0 Å². The molecule has 0 fully saturated rings. The van der Waals surface area contributed by atoms with E-state index in [1.807, 2.05) is 21.1 Å². The van der Waals surface area contributed by atoms with Crippen LogP contribution in [0.4, 0.5) is 0 Å². The Morgan fingerprint density at radius 1 is 0.323 bits per heavy atom. The maximum Gasteiger partial charge on any atom is 0.361 e.